The lowest BCUT2D eigenvalue weighted by Gasteiger charge is -2.33. The van der Waals surface area contributed by atoms with Gasteiger partial charge in [0, 0.05) is 18.5 Å². The van der Waals surface area contributed by atoms with Gasteiger partial charge in [0.25, 0.3) is 0 Å². The smallest absolute Gasteiger partial charge is 0.141 e. The molecule has 2 heterocycles. The van der Waals surface area contributed by atoms with Crippen molar-refractivity contribution >= 4 is 39.9 Å². The van der Waals surface area contributed by atoms with Crippen molar-refractivity contribution < 1.29 is 5.11 Å². The van der Waals surface area contributed by atoms with E-state index in [1.807, 2.05) is 36.4 Å². The number of phenolic OH excluding ortho intramolecular Hbond substituents is 1. The van der Waals surface area contributed by atoms with Crippen LogP contribution in [0.15, 0.2) is 48.5 Å². The number of aromatic hydroxyl groups is 1. The monoisotopic (exact) mass is 386 g/mol. The van der Waals surface area contributed by atoms with Crippen molar-refractivity contribution in [3.63, 3.8) is 0 Å². The number of hydrogen-bond donors (Lipinski definition) is 1. The Labute approximate surface area is 163 Å². The summed E-state index contributed by atoms with van der Waals surface area (Å²) in [6.07, 6.45) is 3.25. The SMILES string of the molecule is Oc1cccc2ccc(N3CCC(Cc4ccc(Cl)c(Cl)c4)CC3)nc12. The van der Waals surface area contributed by atoms with Crippen LogP contribution in [0.1, 0.15) is 18.4 Å². The van der Waals surface area contributed by atoms with Gasteiger partial charge in [-0.1, -0.05) is 41.4 Å². The summed E-state index contributed by atoms with van der Waals surface area (Å²) in [5.74, 6) is 1.81. The lowest BCUT2D eigenvalue weighted by molar-refractivity contribution is 0.402. The predicted molar refractivity (Wildman–Crippen MR) is 109 cm³/mol. The number of nitrogens with zero attached hydrogens (tertiary/aromatic N) is 2. The molecule has 0 spiro atoms. The second-order valence-electron chi connectivity index (χ2n) is 6.90. The number of rotatable bonds is 3. The summed E-state index contributed by atoms with van der Waals surface area (Å²) in [6.45, 7) is 1.94. The van der Waals surface area contributed by atoms with Crippen LogP contribution in [0.3, 0.4) is 0 Å². The molecule has 1 aliphatic heterocycles. The quantitative estimate of drug-likeness (QED) is 0.626. The van der Waals surface area contributed by atoms with E-state index in [1.54, 1.807) is 6.07 Å². The molecule has 0 unspecified atom stereocenters. The molecule has 0 radical (unpaired) electrons. The Morgan fingerprint density at radius 3 is 2.58 bits per heavy atom. The highest BCUT2D eigenvalue weighted by Crippen LogP contribution is 2.30. The Morgan fingerprint density at radius 1 is 1.00 bits per heavy atom. The number of phenols is 1. The molecule has 0 amide bonds. The van der Waals surface area contributed by atoms with Crippen LogP contribution < -0.4 is 4.90 Å². The summed E-state index contributed by atoms with van der Waals surface area (Å²) < 4.78 is 0. The Balaban J connectivity index is 1.43. The third-order valence-corrected chi connectivity index (χ3v) is 5.87. The molecule has 26 heavy (non-hydrogen) atoms. The maximum Gasteiger partial charge on any atom is 0.141 e. The first-order valence-corrected chi connectivity index (χ1v) is 9.63. The molecule has 2 aromatic carbocycles. The van der Waals surface area contributed by atoms with Gasteiger partial charge >= 0.3 is 0 Å². The molecule has 3 aromatic rings. The van der Waals surface area contributed by atoms with Crippen LogP contribution in [0.25, 0.3) is 10.9 Å². The molecule has 0 aliphatic carbocycles. The van der Waals surface area contributed by atoms with Gasteiger partial charge in [-0.2, -0.15) is 0 Å². The lowest BCUT2D eigenvalue weighted by atomic mass is 9.90. The third-order valence-electron chi connectivity index (χ3n) is 5.13. The first kappa shape index (κ1) is 17.4. The van der Waals surface area contributed by atoms with E-state index in [1.165, 1.54) is 5.56 Å². The van der Waals surface area contributed by atoms with Gasteiger partial charge in [-0.15, -0.1) is 0 Å². The first-order chi connectivity index (χ1) is 12.6. The molecule has 1 fully saturated rings. The van der Waals surface area contributed by atoms with Gasteiger partial charge in [0.2, 0.25) is 0 Å². The molecule has 1 aliphatic rings. The highest BCUT2D eigenvalue weighted by Gasteiger charge is 2.21. The van der Waals surface area contributed by atoms with Crippen molar-refractivity contribution in [2.75, 3.05) is 18.0 Å². The van der Waals surface area contributed by atoms with E-state index in [4.69, 9.17) is 23.2 Å². The summed E-state index contributed by atoms with van der Waals surface area (Å²) in [5.41, 5.74) is 1.91. The maximum atomic E-state index is 10.0. The molecule has 5 heteroatoms. The Kier molecular flexibility index (Phi) is 4.92. The summed E-state index contributed by atoms with van der Waals surface area (Å²) >= 11 is 12.1. The Bertz CT molecular complexity index is 936. The fourth-order valence-corrected chi connectivity index (χ4v) is 3.98. The summed E-state index contributed by atoms with van der Waals surface area (Å²) in [6, 6.07) is 15.5. The second kappa shape index (κ2) is 7.34. The number of aromatic nitrogens is 1. The summed E-state index contributed by atoms with van der Waals surface area (Å²) in [5, 5.41) is 12.2. The molecule has 0 atom stereocenters. The van der Waals surface area contributed by atoms with Crippen LogP contribution in [0.4, 0.5) is 5.82 Å². The zero-order valence-electron chi connectivity index (χ0n) is 14.3. The van der Waals surface area contributed by atoms with Gasteiger partial charge < -0.3 is 10.0 Å². The van der Waals surface area contributed by atoms with Gasteiger partial charge in [-0.3, -0.25) is 0 Å². The average molecular weight is 387 g/mol. The van der Waals surface area contributed by atoms with Crippen molar-refractivity contribution in [2.24, 2.45) is 5.92 Å². The number of halogens is 2. The van der Waals surface area contributed by atoms with Crippen LogP contribution in [-0.4, -0.2) is 23.2 Å². The molecular weight excluding hydrogens is 367 g/mol. The number of pyridine rings is 1. The highest BCUT2D eigenvalue weighted by molar-refractivity contribution is 6.42. The minimum absolute atomic E-state index is 0.235. The Hall–Kier alpha value is -1.97. The van der Waals surface area contributed by atoms with Gasteiger partial charge in [0.05, 0.1) is 10.0 Å². The van der Waals surface area contributed by atoms with E-state index >= 15 is 0 Å². The van der Waals surface area contributed by atoms with Gasteiger partial charge in [0.1, 0.15) is 17.1 Å². The van der Waals surface area contributed by atoms with E-state index in [-0.39, 0.29) is 5.75 Å². The van der Waals surface area contributed by atoms with Crippen molar-refractivity contribution in [3.05, 3.63) is 64.1 Å². The van der Waals surface area contributed by atoms with E-state index in [2.05, 4.69) is 16.0 Å². The van der Waals surface area contributed by atoms with Crippen LogP contribution in [0.2, 0.25) is 10.0 Å². The second-order valence-corrected chi connectivity index (χ2v) is 7.72. The highest BCUT2D eigenvalue weighted by atomic mass is 35.5. The van der Waals surface area contributed by atoms with E-state index in [0.29, 0.717) is 21.5 Å². The molecule has 1 saturated heterocycles. The molecule has 134 valence electrons. The summed E-state index contributed by atoms with van der Waals surface area (Å²) in [4.78, 5) is 6.98. The number of anilines is 1. The molecular formula is C21H20Cl2N2O. The van der Waals surface area contributed by atoms with Crippen LogP contribution >= 0.6 is 23.2 Å². The van der Waals surface area contributed by atoms with Gasteiger partial charge in [0.15, 0.2) is 0 Å². The molecule has 4 rings (SSSR count). The molecule has 0 saturated carbocycles. The van der Waals surface area contributed by atoms with Crippen molar-refractivity contribution in [2.45, 2.75) is 19.3 Å². The van der Waals surface area contributed by atoms with E-state index < -0.39 is 0 Å². The molecule has 1 N–H and O–H groups in total. The molecule has 0 bridgehead atoms. The Morgan fingerprint density at radius 2 is 1.81 bits per heavy atom. The molecule has 3 nitrogen and oxygen atoms in total. The van der Waals surface area contributed by atoms with Gasteiger partial charge in [-0.05, 0) is 61.1 Å². The number of piperidine rings is 1. The lowest BCUT2D eigenvalue weighted by Crippen LogP contribution is -2.34. The normalized spacial score (nSPS) is 15.5. The number of fused-ring (bicyclic) bond motifs is 1. The van der Waals surface area contributed by atoms with Crippen molar-refractivity contribution in [3.8, 4) is 5.75 Å². The largest absolute Gasteiger partial charge is 0.506 e. The van der Waals surface area contributed by atoms with Crippen LogP contribution in [0.5, 0.6) is 5.75 Å². The predicted octanol–water partition coefficient (Wildman–Crippen LogP) is 5.71. The standard InChI is InChI=1S/C21H20Cl2N2O/c22-17-6-4-15(13-18(17)23)12-14-8-10-25(11-9-14)20-7-5-16-2-1-3-19(26)21(16)24-20/h1-7,13-14,26H,8-12H2. The fourth-order valence-electron chi connectivity index (χ4n) is 3.66. The third kappa shape index (κ3) is 3.60. The first-order valence-electron chi connectivity index (χ1n) is 8.88. The number of para-hydroxylation sites is 1. The minimum Gasteiger partial charge on any atom is -0.506 e. The topological polar surface area (TPSA) is 36.4 Å². The maximum absolute atomic E-state index is 10.0. The zero-order valence-corrected chi connectivity index (χ0v) is 15.8. The minimum atomic E-state index is 0.235. The van der Waals surface area contributed by atoms with Crippen molar-refractivity contribution in [1.29, 1.82) is 0 Å². The number of benzene rings is 2. The van der Waals surface area contributed by atoms with E-state index in [0.717, 1.165) is 43.6 Å². The van der Waals surface area contributed by atoms with Gasteiger partial charge in [-0.25, -0.2) is 4.98 Å². The van der Waals surface area contributed by atoms with Crippen LogP contribution in [0, 0.1) is 5.92 Å². The van der Waals surface area contributed by atoms with Crippen LogP contribution in [-0.2, 0) is 6.42 Å². The molecule has 1 aromatic heterocycles. The zero-order chi connectivity index (χ0) is 18.1. The van der Waals surface area contributed by atoms with E-state index in [9.17, 15) is 5.11 Å². The average Bonchev–Trinajstić information content (AvgIpc) is 2.66. The fraction of sp³-hybridized carbons (Fsp3) is 0.286. The summed E-state index contributed by atoms with van der Waals surface area (Å²) in [7, 11) is 0. The number of hydrogen-bond acceptors (Lipinski definition) is 3. The van der Waals surface area contributed by atoms with Crippen molar-refractivity contribution in [1.82, 2.24) is 4.98 Å².